The summed E-state index contributed by atoms with van der Waals surface area (Å²) in [5.41, 5.74) is 1.49. The molecule has 0 amide bonds. The van der Waals surface area contributed by atoms with E-state index in [2.05, 4.69) is 52.6 Å². The second kappa shape index (κ2) is 9.46. The zero-order valence-electron chi connectivity index (χ0n) is 17.5. The first-order chi connectivity index (χ1) is 12.9. The molecule has 0 spiro atoms. The maximum atomic E-state index is 9.55. The summed E-state index contributed by atoms with van der Waals surface area (Å²) in [5, 5.41) is 9.55. The Balaban J connectivity index is 1.49. The van der Waals surface area contributed by atoms with Crippen LogP contribution in [0.5, 0.6) is 0 Å². The van der Waals surface area contributed by atoms with Crippen LogP contribution in [0.3, 0.4) is 0 Å². The summed E-state index contributed by atoms with van der Waals surface area (Å²) in [6.07, 6.45) is 5.28. The predicted molar refractivity (Wildman–Crippen MR) is 111 cm³/mol. The molecule has 2 aliphatic rings. The Bertz CT molecular complexity index is 551. The van der Waals surface area contributed by atoms with E-state index in [0.717, 1.165) is 45.7 Å². The van der Waals surface area contributed by atoms with Crippen LogP contribution in [0.1, 0.15) is 45.7 Å². The van der Waals surface area contributed by atoms with Gasteiger partial charge in [0.05, 0.1) is 5.69 Å². The number of pyridine rings is 1. The van der Waals surface area contributed by atoms with Gasteiger partial charge in [-0.15, -0.1) is 0 Å². The maximum absolute atomic E-state index is 9.55. The molecule has 0 aromatic carbocycles. The van der Waals surface area contributed by atoms with Gasteiger partial charge in [-0.2, -0.15) is 0 Å². The van der Waals surface area contributed by atoms with Gasteiger partial charge in [-0.1, -0.05) is 26.8 Å². The molecule has 0 bridgehead atoms. The van der Waals surface area contributed by atoms with Gasteiger partial charge in [0.2, 0.25) is 0 Å². The van der Waals surface area contributed by atoms with Crippen molar-refractivity contribution in [3.63, 3.8) is 0 Å². The number of nitrogens with zero attached hydrogens (tertiary/aromatic N) is 4. The van der Waals surface area contributed by atoms with E-state index in [0.29, 0.717) is 24.1 Å². The summed E-state index contributed by atoms with van der Waals surface area (Å²) in [6, 6.07) is 7.38. The summed E-state index contributed by atoms with van der Waals surface area (Å²) >= 11 is 0. The molecule has 2 fully saturated rings. The van der Waals surface area contributed by atoms with Crippen LogP contribution in [0.15, 0.2) is 24.4 Å². The van der Waals surface area contributed by atoms with Gasteiger partial charge in [0.15, 0.2) is 0 Å². The smallest absolute Gasteiger partial charge is 0.0543 e. The third kappa shape index (κ3) is 6.24. The number of hydrogen-bond donors (Lipinski definition) is 1. The Morgan fingerprint density at radius 3 is 2.52 bits per heavy atom. The van der Waals surface area contributed by atoms with Crippen molar-refractivity contribution in [2.45, 2.75) is 58.7 Å². The molecule has 2 aliphatic heterocycles. The van der Waals surface area contributed by atoms with Crippen molar-refractivity contribution in [2.75, 3.05) is 45.9 Å². The molecule has 3 heterocycles. The molecule has 0 saturated carbocycles. The summed E-state index contributed by atoms with van der Waals surface area (Å²) < 4.78 is 0. The molecule has 1 aromatic heterocycles. The topological polar surface area (TPSA) is 42.8 Å². The molecule has 2 saturated heterocycles. The minimum Gasteiger partial charge on any atom is -0.396 e. The van der Waals surface area contributed by atoms with Gasteiger partial charge >= 0.3 is 0 Å². The SMILES string of the molecule is CC(C)(C)CN1CCN(C2CCN(Cc3ccccn3)CC2)C[C@H]1CCO. The molecule has 1 N–H and O–H groups in total. The zero-order valence-corrected chi connectivity index (χ0v) is 17.5. The van der Waals surface area contributed by atoms with Crippen molar-refractivity contribution in [1.82, 2.24) is 19.7 Å². The highest BCUT2D eigenvalue weighted by atomic mass is 16.3. The lowest BCUT2D eigenvalue weighted by Crippen LogP contribution is -2.58. The molecular formula is C22H38N4O. The van der Waals surface area contributed by atoms with Gasteiger partial charge in [0.1, 0.15) is 0 Å². The lowest BCUT2D eigenvalue weighted by Gasteiger charge is -2.48. The Morgan fingerprint density at radius 1 is 1.11 bits per heavy atom. The zero-order chi connectivity index (χ0) is 19.3. The van der Waals surface area contributed by atoms with Crippen LogP contribution < -0.4 is 0 Å². The normalized spacial score (nSPS) is 24.4. The van der Waals surface area contributed by atoms with Gasteiger partial charge in [0.25, 0.3) is 0 Å². The van der Waals surface area contributed by atoms with Crippen molar-refractivity contribution in [3.8, 4) is 0 Å². The van der Waals surface area contributed by atoms with Crippen LogP contribution in [-0.4, -0.2) is 82.7 Å². The number of likely N-dealkylation sites (tertiary alicyclic amines) is 1. The largest absolute Gasteiger partial charge is 0.396 e. The molecule has 1 aromatic rings. The molecule has 0 unspecified atom stereocenters. The fourth-order valence-corrected chi connectivity index (χ4v) is 4.65. The van der Waals surface area contributed by atoms with Crippen molar-refractivity contribution < 1.29 is 5.11 Å². The summed E-state index contributed by atoms with van der Waals surface area (Å²) in [5.74, 6) is 0. The molecule has 1 atom stereocenters. The van der Waals surface area contributed by atoms with E-state index in [4.69, 9.17) is 0 Å². The molecule has 3 rings (SSSR count). The number of piperazine rings is 1. The molecule has 152 valence electrons. The monoisotopic (exact) mass is 374 g/mol. The minimum atomic E-state index is 0.293. The number of hydrogen-bond acceptors (Lipinski definition) is 5. The van der Waals surface area contributed by atoms with E-state index in [-0.39, 0.29) is 0 Å². The molecule has 5 heteroatoms. The van der Waals surface area contributed by atoms with Crippen LogP contribution in [-0.2, 0) is 6.54 Å². The number of aromatic nitrogens is 1. The van der Waals surface area contributed by atoms with Crippen molar-refractivity contribution in [2.24, 2.45) is 5.41 Å². The fourth-order valence-electron chi connectivity index (χ4n) is 4.65. The molecule has 0 aliphatic carbocycles. The van der Waals surface area contributed by atoms with E-state index in [1.54, 1.807) is 0 Å². The first kappa shape index (κ1) is 20.7. The standard InChI is InChI=1S/C22H38N4O/c1-22(2,3)18-26-14-13-25(17-21(26)9-15-27)20-7-11-24(12-8-20)16-19-6-4-5-10-23-19/h4-6,10,20-21,27H,7-9,11-18H2,1-3H3/t21-/m1/s1. The second-order valence-electron chi connectivity index (χ2n) is 9.52. The number of rotatable bonds is 6. The first-order valence-electron chi connectivity index (χ1n) is 10.7. The van der Waals surface area contributed by atoms with Crippen molar-refractivity contribution in [1.29, 1.82) is 0 Å². The molecule has 5 nitrogen and oxygen atoms in total. The quantitative estimate of drug-likeness (QED) is 0.829. The Hall–Kier alpha value is -1.01. The van der Waals surface area contributed by atoms with E-state index < -0.39 is 0 Å². The van der Waals surface area contributed by atoms with Crippen LogP contribution in [0.25, 0.3) is 0 Å². The van der Waals surface area contributed by atoms with Crippen molar-refractivity contribution in [3.05, 3.63) is 30.1 Å². The van der Waals surface area contributed by atoms with Gasteiger partial charge in [-0.25, -0.2) is 0 Å². The first-order valence-corrected chi connectivity index (χ1v) is 10.7. The summed E-state index contributed by atoms with van der Waals surface area (Å²) in [4.78, 5) is 12.3. The van der Waals surface area contributed by atoms with Crippen LogP contribution in [0, 0.1) is 5.41 Å². The second-order valence-corrected chi connectivity index (χ2v) is 9.52. The third-order valence-electron chi connectivity index (χ3n) is 5.96. The molecule has 27 heavy (non-hydrogen) atoms. The molecule has 0 radical (unpaired) electrons. The predicted octanol–water partition coefficient (Wildman–Crippen LogP) is 2.46. The van der Waals surface area contributed by atoms with Gasteiger partial charge < -0.3 is 5.11 Å². The van der Waals surface area contributed by atoms with E-state index in [1.807, 2.05) is 12.3 Å². The van der Waals surface area contributed by atoms with E-state index in [9.17, 15) is 5.11 Å². The highest BCUT2D eigenvalue weighted by Crippen LogP contribution is 2.25. The Morgan fingerprint density at radius 2 is 1.89 bits per heavy atom. The summed E-state index contributed by atoms with van der Waals surface area (Å²) in [6.45, 7) is 15.1. The summed E-state index contributed by atoms with van der Waals surface area (Å²) in [7, 11) is 0. The van der Waals surface area contributed by atoms with Gasteiger partial charge in [0, 0.05) is 70.7 Å². The fraction of sp³-hybridized carbons (Fsp3) is 0.773. The van der Waals surface area contributed by atoms with Crippen molar-refractivity contribution >= 4 is 0 Å². The molecular weight excluding hydrogens is 336 g/mol. The average molecular weight is 375 g/mol. The lowest BCUT2D eigenvalue weighted by molar-refractivity contribution is 0.00281. The Kier molecular flexibility index (Phi) is 7.26. The number of piperidine rings is 1. The number of aliphatic hydroxyl groups is 1. The highest BCUT2D eigenvalue weighted by molar-refractivity contribution is 5.03. The third-order valence-corrected chi connectivity index (χ3v) is 5.96. The minimum absolute atomic E-state index is 0.293. The number of aliphatic hydroxyl groups excluding tert-OH is 1. The Labute approximate surface area is 165 Å². The highest BCUT2D eigenvalue weighted by Gasteiger charge is 2.33. The average Bonchev–Trinajstić information content (AvgIpc) is 2.64. The maximum Gasteiger partial charge on any atom is 0.0543 e. The van der Waals surface area contributed by atoms with Crippen LogP contribution >= 0.6 is 0 Å². The van der Waals surface area contributed by atoms with E-state index in [1.165, 1.54) is 25.1 Å². The lowest BCUT2D eigenvalue weighted by atomic mass is 9.93. The van der Waals surface area contributed by atoms with Gasteiger partial charge in [-0.05, 0) is 36.8 Å². The van der Waals surface area contributed by atoms with Crippen LogP contribution in [0.2, 0.25) is 0 Å². The van der Waals surface area contributed by atoms with Crippen LogP contribution in [0.4, 0.5) is 0 Å². The van der Waals surface area contributed by atoms with Gasteiger partial charge in [-0.3, -0.25) is 19.7 Å². The van der Waals surface area contributed by atoms with E-state index >= 15 is 0 Å².